The largest absolute Gasteiger partial charge is 0.508 e. The van der Waals surface area contributed by atoms with Gasteiger partial charge in [-0.25, -0.2) is 0 Å². The van der Waals surface area contributed by atoms with Gasteiger partial charge in [-0.3, -0.25) is 14.4 Å². The summed E-state index contributed by atoms with van der Waals surface area (Å²) in [6.07, 6.45) is 23.3. The van der Waals surface area contributed by atoms with Crippen LogP contribution in [0.5, 0.6) is 11.5 Å². The first kappa shape index (κ1) is 66.5. The number of hydrogen-bond acceptors (Lipinski definition) is 7. The van der Waals surface area contributed by atoms with E-state index < -0.39 is 22.8 Å². The van der Waals surface area contributed by atoms with E-state index in [1.165, 1.54) is 73.6 Å². The van der Waals surface area contributed by atoms with Gasteiger partial charge in [0, 0.05) is 17.9 Å². The van der Waals surface area contributed by atoms with Crippen LogP contribution in [0.15, 0.2) is 72.8 Å². The summed E-state index contributed by atoms with van der Waals surface area (Å²) in [5.74, 6) is 4.66. The zero-order valence-electron chi connectivity index (χ0n) is 54.9. The summed E-state index contributed by atoms with van der Waals surface area (Å²) in [4.78, 5) is 38.6. The van der Waals surface area contributed by atoms with Crippen molar-refractivity contribution in [3.63, 3.8) is 0 Å². The maximum Gasteiger partial charge on any atom is 0.309 e. The number of carboxylic acids is 2. The van der Waals surface area contributed by atoms with Crippen molar-refractivity contribution < 1.29 is 34.8 Å². The van der Waals surface area contributed by atoms with Crippen molar-refractivity contribution in [2.24, 2.45) is 119 Å². The zero-order chi connectivity index (χ0) is 61.9. The van der Waals surface area contributed by atoms with E-state index in [4.69, 9.17) is 10.8 Å². The minimum absolute atomic E-state index is 0. The lowest BCUT2D eigenvalue weighted by molar-refractivity contribution is -0.240. The average molecular weight is 1180 g/mol. The molecule has 0 heterocycles. The Morgan fingerprint density at radius 2 is 0.953 bits per heavy atom. The Bertz CT molecular complexity index is 2860. The zero-order valence-corrected chi connectivity index (χ0v) is 54.9. The summed E-state index contributed by atoms with van der Waals surface area (Å²) in [6.45, 7) is 39.7. The Balaban J connectivity index is 0.000000178. The number of hydrogen-bond donors (Lipinski definition) is 6. The average Bonchev–Trinajstić information content (AvgIpc) is 0.979. The van der Waals surface area contributed by atoms with Crippen LogP contribution in [0.4, 0.5) is 0 Å². The SMILES string of the molecule is C.C=C(C)[C@@H]1CC[C@]2(C(=O)O)CC[C@]3(C)[C@H](CC[C@@H]4[C@@]5(C)CCC(=O)C(C)(C)[C@@H]5CC[C@]43C)[C@@H]12.C=C(C)[C@@H]1CC[C@]2(C(=O)O)CC[C@]3(C)[C@H](CC[C@@H]4[C@@]5(C)CC[C@H](NCCc6ccc(O)cc6)C(C)(C)[C@@H]5CC[C@]43C)[C@@H]12.NCCc1ccc(O)cc1. The summed E-state index contributed by atoms with van der Waals surface area (Å²) in [5.41, 5.74) is 10.5. The van der Waals surface area contributed by atoms with Gasteiger partial charge in [0.05, 0.1) is 10.8 Å². The third kappa shape index (κ3) is 10.1. The van der Waals surface area contributed by atoms with Gasteiger partial charge in [0.15, 0.2) is 0 Å². The Labute approximate surface area is 520 Å². The lowest BCUT2D eigenvalue weighted by Gasteiger charge is -2.73. The minimum atomic E-state index is -0.547. The maximum absolute atomic E-state index is 12.9. The number of rotatable bonds is 10. The molecule has 2 aromatic carbocycles. The normalized spacial score (nSPS) is 43.7. The van der Waals surface area contributed by atoms with Gasteiger partial charge >= 0.3 is 11.9 Å². The van der Waals surface area contributed by atoms with E-state index in [0.29, 0.717) is 82.6 Å². The quantitative estimate of drug-likeness (QED) is 0.127. The van der Waals surface area contributed by atoms with E-state index in [0.717, 1.165) is 96.4 Å². The number of nitrogens with two attached hydrogens (primary N) is 1. The third-order valence-electron chi connectivity index (χ3n) is 29.9. The highest BCUT2D eigenvalue weighted by atomic mass is 16.4. The number of aromatic hydroxyl groups is 2. The molecule has 12 rings (SSSR count). The van der Waals surface area contributed by atoms with Gasteiger partial charge in [-0.2, -0.15) is 0 Å². The predicted octanol–water partition coefficient (Wildman–Crippen LogP) is 17.5. The molecular formula is C77H118N2O7. The number of carboxylic acid groups (broad SMARTS) is 2. The van der Waals surface area contributed by atoms with Crippen LogP contribution >= 0.6 is 0 Å². The number of nitrogens with one attached hydrogen (secondary N) is 1. The van der Waals surface area contributed by atoms with Crippen molar-refractivity contribution in [1.29, 1.82) is 0 Å². The number of aliphatic carboxylic acids is 2. The van der Waals surface area contributed by atoms with Crippen molar-refractivity contribution >= 4 is 17.7 Å². The molecule has 10 fully saturated rings. The molecule has 2 aromatic rings. The van der Waals surface area contributed by atoms with Crippen molar-refractivity contribution in [3.05, 3.63) is 84.0 Å². The molecule has 0 spiro atoms. The first-order chi connectivity index (χ1) is 39.8. The number of ketones is 1. The Hall–Kier alpha value is -3.95. The van der Waals surface area contributed by atoms with Crippen LogP contribution in [0.25, 0.3) is 0 Å². The van der Waals surface area contributed by atoms with Crippen molar-refractivity contribution in [2.75, 3.05) is 13.1 Å². The molecule has 10 saturated carbocycles. The molecule has 0 aromatic heterocycles. The minimum Gasteiger partial charge on any atom is -0.508 e. The van der Waals surface area contributed by atoms with Gasteiger partial charge in [0.2, 0.25) is 0 Å². The number of carbonyl (C=O) groups is 3. The molecule has 7 N–H and O–H groups in total. The van der Waals surface area contributed by atoms with Crippen LogP contribution in [0.2, 0.25) is 0 Å². The topological polar surface area (TPSA) is 170 Å². The highest BCUT2D eigenvalue weighted by molar-refractivity contribution is 5.85. The van der Waals surface area contributed by atoms with Crippen LogP contribution in [0.3, 0.4) is 0 Å². The van der Waals surface area contributed by atoms with E-state index in [-0.39, 0.29) is 57.2 Å². The van der Waals surface area contributed by atoms with Gasteiger partial charge in [0.25, 0.3) is 0 Å². The van der Waals surface area contributed by atoms with Gasteiger partial charge < -0.3 is 31.5 Å². The second kappa shape index (κ2) is 23.4. The molecule has 0 amide bonds. The molecule has 19 atom stereocenters. The predicted molar refractivity (Wildman–Crippen MR) is 349 cm³/mol. The summed E-state index contributed by atoms with van der Waals surface area (Å²) < 4.78 is 0. The number of allylic oxidation sites excluding steroid dienone is 2. The molecular weight excluding hydrogens is 1060 g/mol. The molecule has 9 heteroatoms. The van der Waals surface area contributed by atoms with E-state index in [1.807, 2.05) is 24.3 Å². The van der Waals surface area contributed by atoms with E-state index in [9.17, 15) is 29.7 Å². The molecule has 0 saturated heterocycles. The summed E-state index contributed by atoms with van der Waals surface area (Å²) in [6, 6.07) is 15.3. The summed E-state index contributed by atoms with van der Waals surface area (Å²) in [7, 11) is 0. The van der Waals surface area contributed by atoms with Gasteiger partial charge in [-0.1, -0.05) is 125 Å². The highest BCUT2D eigenvalue weighted by Crippen LogP contribution is 2.80. The Kier molecular flexibility index (Phi) is 18.1. The van der Waals surface area contributed by atoms with Gasteiger partial charge in [-0.15, -0.1) is 0 Å². The molecule has 0 aliphatic heterocycles. The fourth-order valence-electron chi connectivity index (χ4n) is 25.1. The van der Waals surface area contributed by atoms with Gasteiger partial charge in [0.1, 0.15) is 17.3 Å². The smallest absolute Gasteiger partial charge is 0.309 e. The fourth-order valence-corrected chi connectivity index (χ4v) is 25.1. The number of phenols is 2. The van der Waals surface area contributed by atoms with Gasteiger partial charge in [-0.05, 0) is 294 Å². The molecule has 9 nitrogen and oxygen atoms in total. The van der Waals surface area contributed by atoms with E-state index in [2.05, 4.69) is 102 Å². The number of carbonyl (C=O) groups excluding carboxylic acids is 1. The number of phenolic OH excluding ortho intramolecular Hbond substituents is 2. The number of fused-ring (bicyclic) bond motifs is 14. The second-order valence-electron chi connectivity index (χ2n) is 33.4. The van der Waals surface area contributed by atoms with Crippen molar-refractivity contribution in [2.45, 2.75) is 238 Å². The second-order valence-corrected chi connectivity index (χ2v) is 33.4. The molecule has 478 valence electrons. The summed E-state index contributed by atoms with van der Waals surface area (Å²) >= 11 is 0. The van der Waals surface area contributed by atoms with Crippen LogP contribution in [0.1, 0.15) is 230 Å². The molecule has 86 heavy (non-hydrogen) atoms. The lowest BCUT2D eigenvalue weighted by Crippen LogP contribution is -2.67. The van der Waals surface area contributed by atoms with Crippen molar-refractivity contribution in [3.8, 4) is 11.5 Å². The van der Waals surface area contributed by atoms with E-state index >= 15 is 0 Å². The van der Waals surface area contributed by atoms with Crippen molar-refractivity contribution in [1.82, 2.24) is 5.32 Å². The monoisotopic (exact) mass is 1180 g/mol. The standard InChI is InChI=1S/C38H57NO3.C30H46O3.C8H11NO.CH4/c1-24(2)27-14-20-38(33(41)42)22-21-36(6)28(32(27)38)12-13-30-35(5)18-16-31(34(3,4)29(35)15-19-37(30,36)7)39-23-17-25-8-10-26(40)11-9-25;1-18(2)19-10-15-30(25(32)33)17-16-28(6)20(24(19)30)8-9-22-27(5)13-12-23(31)26(3,4)21(27)11-14-29(22,28)7;9-6-5-7-1-3-8(10)4-2-7;/h8-11,27-32,39-40H,1,12-23H2,2-7H3,(H,41,42);19-22,24H,1,8-17H2,2-7H3,(H,32,33);1-4,10H,5-6,9H2;1H4/t27-,28+,29-,30+,31-,32+,35-,36+,37+,38-;19-,20+,21-,22+,24+,27-,28+,29+,30-;;/m00../s1. The Morgan fingerprint density at radius 1 is 0.523 bits per heavy atom. The number of benzene rings is 2. The highest BCUT2D eigenvalue weighted by Gasteiger charge is 2.74. The van der Waals surface area contributed by atoms with Crippen LogP contribution in [-0.4, -0.2) is 57.3 Å². The first-order valence-electron chi connectivity index (χ1n) is 34.1. The fraction of sp³-hybridized carbons (Fsp3) is 0.753. The van der Waals surface area contributed by atoms with Crippen LogP contribution in [-0.2, 0) is 27.2 Å². The molecule has 0 radical (unpaired) electrons. The van der Waals surface area contributed by atoms with Crippen LogP contribution < -0.4 is 11.1 Å². The molecule has 0 bridgehead atoms. The number of Topliss-reactive ketones (excluding diaryl/α,β-unsaturated/α-hetero) is 1. The molecule has 10 aliphatic rings. The van der Waals surface area contributed by atoms with Crippen LogP contribution in [0, 0.1) is 113 Å². The maximum atomic E-state index is 12.9. The van der Waals surface area contributed by atoms with E-state index in [1.54, 1.807) is 24.3 Å². The third-order valence-corrected chi connectivity index (χ3v) is 29.9. The summed E-state index contributed by atoms with van der Waals surface area (Å²) in [5, 5.41) is 43.6. The molecule has 10 aliphatic carbocycles. The molecule has 0 unspecified atom stereocenters. The first-order valence-corrected chi connectivity index (χ1v) is 34.1. The Morgan fingerprint density at radius 3 is 1.38 bits per heavy atom. The lowest BCUT2D eigenvalue weighted by atomic mass is 9.32.